The Morgan fingerprint density at radius 3 is 2.79 bits per heavy atom. The Labute approximate surface area is 151 Å². The zero-order valence-electron chi connectivity index (χ0n) is 12.5. The van der Waals surface area contributed by atoms with Gasteiger partial charge >= 0.3 is 0 Å². The summed E-state index contributed by atoms with van der Waals surface area (Å²) in [6.07, 6.45) is 2.58. The number of halogens is 1. The van der Waals surface area contributed by atoms with Crippen LogP contribution in [-0.2, 0) is 11.2 Å². The number of hydrogen-bond acceptors (Lipinski definition) is 6. The monoisotopic (exact) mass is 376 g/mol. The first-order chi connectivity index (χ1) is 11.7. The van der Waals surface area contributed by atoms with Gasteiger partial charge in [0.2, 0.25) is 11.0 Å². The molecule has 0 bridgehead atoms. The van der Waals surface area contributed by atoms with Gasteiger partial charge in [0.05, 0.1) is 12.1 Å². The molecule has 122 valence electrons. The van der Waals surface area contributed by atoms with Crippen LogP contribution in [0.25, 0.3) is 10.6 Å². The van der Waals surface area contributed by atoms with Gasteiger partial charge in [0, 0.05) is 21.9 Å². The van der Waals surface area contributed by atoms with Crippen molar-refractivity contribution in [2.45, 2.75) is 25.2 Å². The Morgan fingerprint density at radius 1 is 1.25 bits per heavy atom. The second kappa shape index (κ2) is 6.58. The van der Waals surface area contributed by atoms with Crippen molar-refractivity contribution in [2.75, 3.05) is 5.32 Å². The van der Waals surface area contributed by atoms with E-state index in [1.165, 1.54) is 35.5 Å². The first kappa shape index (κ1) is 15.7. The molecule has 2 aromatic heterocycles. The lowest BCUT2D eigenvalue weighted by Gasteiger charge is -1.98. The molecule has 24 heavy (non-hydrogen) atoms. The van der Waals surface area contributed by atoms with E-state index in [-0.39, 0.29) is 12.3 Å². The van der Waals surface area contributed by atoms with E-state index in [1.54, 1.807) is 0 Å². The standard InChI is InChI=1S/C16H13ClN4OS2/c17-11-5-3-9(4-6-11)14-18-12(8-23-14)7-13(22)19-16-21-20-15(24-16)10-1-2-10/h3-6,8,10H,1-2,7H2,(H,19,21,22). The quantitative estimate of drug-likeness (QED) is 0.717. The van der Waals surface area contributed by atoms with Crippen LogP contribution < -0.4 is 5.32 Å². The SMILES string of the molecule is O=C(Cc1csc(-c2ccc(Cl)cc2)n1)Nc1nnc(C2CC2)s1. The third-order valence-electron chi connectivity index (χ3n) is 3.60. The fourth-order valence-electron chi connectivity index (χ4n) is 2.22. The average molecular weight is 377 g/mol. The zero-order valence-corrected chi connectivity index (χ0v) is 14.9. The zero-order chi connectivity index (χ0) is 16.5. The van der Waals surface area contributed by atoms with E-state index < -0.39 is 0 Å². The van der Waals surface area contributed by atoms with E-state index in [2.05, 4.69) is 20.5 Å². The minimum absolute atomic E-state index is 0.124. The molecular weight excluding hydrogens is 364 g/mol. The van der Waals surface area contributed by atoms with Gasteiger partial charge in [-0.1, -0.05) is 35.1 Å². The van der Waals surface area contributed by atoms with Crippen LogP contribution in [-0.4, -0.2) is 21.1 Å². The summed E-state index contributed by atoms with van der Waals surface area (Å²) in [7, 11) is 0. The van der Waals surface area contributed by atoms with Crippen molar-refractivity contribution in [3.8, 4) is 10.6 Å². The maximum absolute atomic E-state index is 12.1. The Kier molecular flexibility index (Phi) is 4.30. The van der Waals surface area contributed by atoms with Gasteiger partial charge in [-0.05, 0) is 25.0 Å². The first-order valence-corrected chi connectivity index (χ1v) is 9.58. The van der Waals surface area contributed by atoms with Crippen molar-refractivity contribution in [3.05, 3.63) is 45.4 Å². The van der Waals surface area contributed by atoms with Crippen LogP contribution in [0.5, 0.6) is 0 Å². The number of anilines is 1. The van der Waals surface area contributed by atoms with Crippen molar-refractivity contribution in [3.63, 3.8) is 0 Å². The molecule has 1 saturated carbocycles. The van der Waals surface area contributed by atoms with E-state index >= 15 is 0 Å². The van der Waals surface area contributed by atoms with Crippen molar-refractivity contribution >= 4 is 45.3 Å². The van der Waals surface area contributed by atoms with Crippen LogP contribution in [0.15, 0.2) is 29.6 Å². The molecule has 1 amide bonds. The van der Waals surface area contributed by atoms with Crippen LogP contribution in [0.4, 0.5) is 5.13 Å². The molecule has 5 nitrogen and oxygen atoms in total. The molecule has 8 heteroatoms. The van der Waals surface area contributed by atoms with Crippen molar-refractivity contribution in [1.29, 1.82) is 0 Å². The van der Waals surface area contributed by atoms with E-state index in [9.17, 15) is 4.79 Å². The van der Waals surface area contributed by atoms with Crippen LogP contribution in [0.1, 0.15) is 29.5 Å². The van der Waals surface area contributed by atoms with Crippen molar-refractivity contribution < 1.29 is 4.79 Å². The molecule has 0 unspecified atom stereocenters. The van der Waals surface area contributed by atoms with Gasteiger partial charge in [-0.15, -0.1) is 21.5 Å². The highest BCUT2D eigenvalue weighted by Gasteiger charge is 2.27. The number of hydrogen-bond donors (Lipinski definition) is 1. The summed E-state index contributed by atoms with van der Waals surface area (Å²) in [6, 6.07) is 7.51. The lowest BCUT2D eigenvalue weighted by atomic mass is 10.2. The summed E-state index contributed by atoms with van der Waals surface area (Å²) >= 11 is 8.87. The van der Waals surface area contributed by atoms with Crippen molar-refractivity contribution in [2.24, 2.45) is 0 Å². The highest BCUT2D eigenvalue weighted by atomic mass is 35.5. The lowest BCUT2D eigenvalue weighted by Crippen LogP contribution is -2.14. The second-order valence-electron chi connectivity index (χ2n) is 5.60. The third kappa shape index (κ3) is 3.63. The maximum atomic E-state index is 12.1. The Balaban J connectivity index is 1.39. The summed E-state index contributed by atoms with van der Waals surface area (Å²) in [6.45, 7) is 0. The van der Waals surface area contributed by atoms with Crippen LogP contribution in [0.3, 0.4) is 0 Å². The van der Waals surface area contributed by atoms with Gasteiger partial charge in [-0.2, -0.15) is 0 Å². The number of amides is 1. The molecule has 2 heterocycles. The summed E-state index contributed by atoms with van der Waals surface area (Å²) in [5.74, 6) is 0.426. The van der Waals surface area contributed by atoms with E-state index in [1.807, 2.05) is 29.6 Å². The summed E-state index contributed by atoms with van der Waals surface area (Å²) in [5.41, 5.74) is 1.74. The molecule has 0 aliphatic heterocycles. The number of carbonyl (C=O) groups excluding carboxylic acids is 1. The number of nitrogens with one attached hydrogen (secondary N) is 1. The number of benzene rings is 1. The average Bonchev–Trinajstić information content (AvgIpc) is 3.14. The van der Waals surface area contributed by atoms with E-state index in [0.717, 1.165) is 21.3 Å². The molecule has 0 spiro atoms. The number of nitrogens with zero attached hydrogens (tertiary/aromatic N) is 3. The molecular formula is C16H13ClN4OS2. The third-order valence-corrected chi connectivity index (χ3v) is 5.79. The number of thiazole rings is 1. The minimum atomic E-state index is -0.124. The highest BCUT2D eigenvalue weighted by molar-refractivity contribution is 7.15. The topological polar surface area (TPSA) is 67.8 Å². The van der Waals surface area contributed by atoms with Gasteiger partial charge < -0.3 is 5.32 Å². The largest absolute Gasteiger partial charge is 0.300 e. The second-order valence-corrected chi connectivity index (χ2v) is 7.90. The summed E-state index contributed by atoms with van der Waals surface area (Å²) < 4.78 is 0. The van der Waals surface area contributed by atoms with Gasteiger partial charge in [0.15, 0.2) is 0 Å². The van der Waals surface area contributed by atoms with Gasteiger partial charge in [0.25, 0.3) is 0 Å². The predicted octanol–water partition coefficient (Wildman–Crippen LogP) is 4.37. The Morgan fingerprint density at radius 2 is 2.04 bits per heavy atom. The highest BCUT2D eigenvalue weighted by Crippen LogP contribution is 2.42. The van der Waals surface area contributed by atoms with Crippen LogP contribution in [0.2, 0.25) is 5.02 Å². The molecule has 3 aromatic rings. The Bertz CT molecular complexity index is 870. The van der Waals surface area contributed by atoms with Crippen LogP contribution in [0, 0.1) is 0 Å². The lowest BCUT2D eigenvalue weighted by molar-refractivity contribution is -0.115. The van der Waals surface area contributed by atoms with Gasteiger partial charge in [-0.3, -0.25) is 4.79 Å². The van der Waals surface area contributed by atoms with Gasteiger partial charge in [0.1, 0.15) is 10.0 Å². The Hall–Kier alpha value is -1.83. The minimum Gasteiger partial charge on any atom is -0.300 e. The smallest absolute Gasteiger partial charge is 0.232 e. The number of rotatable bonds is 5. The summed E-state index contributed by atoms with van der Waals surface area (Å²) in [5, 5.41) is 16.0. The number of carbonyl (C=O) groups is 1. The molecule has 0 atom stereocenters. The van der Waals surface area contributed by atoms with E-state index in [0.29, 0.717) is 16.1 Å². The molecule has 0 saturated heterocycles. The van der Waals surface area contributed by atoms with Crippen LogP contribution >= 0.6 is 34.3 Å². The molecule has 0 radical (unpaired) electrons. The molecule has 4 rings (SSSR count). The molecule has 1 N–H and O–H groups in total. The van der Waals surface area contributed by atoms with E-state index in [4.69, 9.17) is 11.6 Å². The van der Waals surface area contributed by atoms with Crippen molar-refractivity contribution in [1.82, 2.24) is 15.2 Å². The fourth-order valence-corrected chi connectivity index (χ4v) is 4.10. The maximum Gasteiger partial charge on any atom is 0.232 e. The predicted molar refractivity (Wildman–Crippen MR) is 96.8 cm³/mol. The van der Waals surface area contributed by atoms with Gasteiger partial charge in [-0.25, -0.2) is 4.98 Å². The summed E-state index contributed by atoms with van der Waals surface area (Å²) in [4.78, 5) is 16.7. The first-order valence-electron chi connectivity index (χ1n) is 7.51. The molecule has 1 aliphatic rings. The number of aromatic nitrogens is 3. The molecule has 1 aromatic carbocycles. The molecule has 1 aliphatic carbocycles. The fraction of sp³-hybridized carbons (Fsp3) is 0.250. The normalized spacial score (nSPS) is 13.9. The molecule has 1 fully saturated rings.